The van der Waals surface area contributed by atoms with Crippen LogP contribution in [0.1, 0.15) is 17.0 Å². The third kappa shape index (κ3) is 4.41. The number of aromatic nitrogens is 2. The number of alkyl halides is 6. The van der Waals surface area contributed by atoms with E-state index < -0.39 is 40.3 Å². The Balaban J connectivity index is 1.95. The molecule has 0 aliphatic carbocycles. The summed E-state index contributed by atoms with van der Waals surface area (Å²) in [7, 11) is 1.18. The van der Waals surface area contributed by atoms with Crippen LogP contribution in [0.5, 0.6) is 5.75 Å². The second-order valence-electron chi connectivity index (χ2n) is 8.06. The van der Waals surface area contributed by atoms with E-state index in [1.54, 1.807) is 30.3 Å². The van der Waals surface area contributed by atoms with Gasteiger partial charge in [-0.3, -0.25) is 9.36 Å². The zero-order valence-corrected chi connectivity index (χ0v) is 18.9. The number of rotatable bonds is 5. The summed E-state index contributed by atoms with van der Waals surface area (Å²) in [6.45, 7) is 0. The summed E-state index contributed by atoms with van der Waals surface area (Å²) in [6, 6.07) is 13.6. The van der Waals surface area contributed by atoms with E-state index in [1.165, 1.54) is 19.2 Å². The number of ether oxygens (including phenoxy) is 1. The highest BCUT2D eigenvalue weighted by Gasteiger charge is 2.71. The van der Waals surface area contributed by atoms with Crippen molar-refractivity contribution in [3.63, 3.8) is 0 Å². The van der Waals surface area contributed by atoms with Crippen molar-refractivity contribution >= 4 is 10.9 Å². The number of nitrogens with zero attached hydrogens (tertiary/aromatic N) is 2. The van der Waals surface area contributed by atoms with E-state index >= 15 is 4.39 Å². The molecule has 0 aliphatic heterocycles. The van der Waals surface area contributed by atoms with E-state index in [9.17, 15) is 36.2 Å². The van der Waals surface area contributed by atoms with E-state index in [1.807, 2.05) is 0 Å². The smallest absolute Gasteiger partial charge is 0.430 e. The zero-order valence-electron chi connectivity index (χ0n) is 18.9. The molecule has 0 amide bonds. The average Bonchev–Trinajstić information content (AvgIpc) is 2.83. The topological polar surface area (TPSA) is 64.3 Å². The lowest BCUT2D eigenvalue weighted by molar-refractivity contribution is -0.376. The SMILES string of the molecule is COc1ccc2nc(Cc3ccccc3)n(-c3ccc(C(O)(C(F)(F)F)C(F)(F)F)cc3)c(=O)c2c1F. The molecular weight excluding hydrogens is 509 g/mol. The van der Waals surface area contributed by atoms with Gasteiger partial charge in [0.05, 0.1) is 18.3 Å². The molecule has 4 aromatic rings. The maximum atomic E-state index is 15.0. The molecule has 0 aliphatic rings. The predicted octanol–water partition coefficient (Wildman–Crippen LogP) is 5.44. The Morgan fingerprint density at radius 2 is 1.49 bits per heavy atom. The van der Waals surface area contributed by atoms with E-state index in [0.717, 1.165) is 16.7 Å². The molecular formula is C25H17F7N2O3. The molecule has 4 rings (SSSR count). The van der Waals surface area contributed by atoms with Gasteiger partial charge in [-0.05, 0) is 29.8 Å². The van der Waals surface area contributed by atoms with Crippen LogP contribution in [-0.4, -0.2) is 34.1 Å². The second-order valence-corrected chi connectivity index (χ2v) is 8.06. The van der Waals surface area contributed by atoms with Gasteiger partial charge in [0.25, 0.3) is 11.2 Å². The lowest BCUT2D eigenvalue weighted by atomic mass is 9.92. The van der Waals surface area contributed by atoms with Gasteiger partial charge in [-0.25, -0.2) is 9.37 Å². The minimum Gasteiger partial charge on any atom is -0.494 e. The molecule has 0 atom stereocenters. The van der Waals surface area contributed by atoms with Gasteiger partial charge in [0.2, 0.25) is 0 Å². The molecule has 194 valence electrons. The highest BCUT2D eigenvalue weighted by Crippen LogP contribution is 2.50. The molecule has 1 heterocycles. The first-order valence-corrected chi connectivity index (χ1v) is 10.6. The van der Waals surface area contributed by atoms with Gasteiger partial charge >= 0.3 is 12.4 Å². The Hall–Kier alpha value is -3.93. The van der Waals surface area contributed by atoms with Gasteiger partial charge in [0.15, 0.2) is 11.6 Å². The monoisotopic (exact) mass is 526 g/mol. The Labute approximate surface area is 204 Å². The maximum Gasteiger partial charge on any atom is 0.430 e. The van der Waals surface area contributed by atoms with Gasteiger partial charge in [-0.15, -0.1) is 0 Å². The summed E-state index contributed by atoms with van der Waals surface area (Å²) >= 11 is 0. The average molecular weight is 526 g/mol. The highest BCUT2D eigenvalue weighted by atomic mass is 19.4. The first-order chi connectivity index (χ1) is 17.3. The lowest BCUT2D eigenvalue weighted by Gasteiger charge is -2.32. The molecule has 5 nitrogen and oxygen atoms in total. The van der Waals surface area contributed by atoms with Crippen molar-refractivity contribution in [2.75, 3.05) is 7.11 Å². The normalized spacial score (nSPS) is 12.7. The second kappa shape index (κ2) is 9.18. The third-order valence-electron chi connectivity index (χ3n) is 5.80. The first-order valence-electron chi connectivity index (χ1n) is 10.6. The minimum absolute atomic E-state index is 0.0226. The Kier molecular flexibility index (Phi) is 6.49. The van der Waals surface area contributed by atoms with Crippen LogP contribution in [0.15, 0.2) is 71.5 Å². The van der Waals surface area contributed by atoms with Crippen molar-refractivity contribution in [1.82, 2.24) is 9.55 Å². The fraction of sp³-hybridized carbons (Fsp3) is 0.200. The van der Waals surface area contributed by atoms with Crippen LogP contribution in [0.3, 0.4) is 0 Å². The van der Waals surface area contributed by atoms with Gasteiger partial charge in [0.1, 0.15) is 11.2 Å². The van der Waals surface area contributed by atoms with Crippen molar-refractivity contribution in [2.45, 2.75) is 24.4 Å². The zero-order chi connectivity index (χ0) is 27.2. The number of methoxy groups -OCH3 is 1. The van der Waals surface area contributed by atoms with Crippen LogP contribution in [-0.2, 0) is 12.0 Å². The molecule has 0 radical (unpaired) electrons. The quantitative estimate of drug-likeness (QED) is 0.352. The molecule has 3 aromatic carbocycles. The highest BCUT2D eigenvalue weighted by molar-refractivity contribution is 5.80. The standard InChI is InChI=1S/C25H17F7N2O3/c1-37-18-12-11-17-20(21(18)26)22(35)34(19(33-17)13-14-5-3-2-4-6-14)16-9-7-15(8-10-16)23(36,24(27,28)29)25(30,31)32/h2-12,36H,13H2,1H3. The number of halogens is 7. The summed E-state index contributed by atoms with van der Waals surface area (Å²) < 4.78 is 100. The van der Waals surface area contributed by atoms with E-state index in [0.29, 0.717) is 17.7 Å². The lowest BCUT2D eigenvalue weighted by Crippen LogP contribution is -2.53. The fourth-order valence-electron chi connectivity index (χ4n) is 3.92. The van der Waals surface area contributed by atoms with Crippen LogP contribution in [0.4, 0.5) is 30.7 Å². The van der Waals surface area contributed by atoms with Crippen molar-refractivity contribution in [3.8, 4) is 11.4 Å². The molecule has 0 unspecified atom stereocenters. The van der Waals surface area contributed by atoms with Crippen molar-refractivity contribution < 1.29 is 40.6 Å². The van der Waals surface area contributed by atoms with Crippen LogP contribution in [0, 0.1) is 5.82 Å². The molecule has 37 heavy (non-hydrogen) atoms. The third-order valence-corrected chi connectivity index (χ3v) is 5.80. The van der Waals surface area contributed by atoms with Crippen LogP contribution >= 0.6 is 0 Å². The maximum absolute atomic E-state index is 15.0. The summed E-state index contributed by atoms with van der Waals surface area (Å²) in [5.41, 5.74) is -7.14. The molecule has 0 fully saturated rings. The number of benzene rings is 3. The van der Waals surface area contributed by atoms with Crippen LogP contribution < -0.4 is 10.3 Å². The number of aliphatic hydroxyl groups is 1. The summed E-state index contributed by atoms with van der Waals surface area (Å²) in [6.07, 6.45) is -12.1. The van der Waals surface area contributed by atoms with E-state index in [2.05, 4.69) is 4.98 Å². The molecule has 0 saturated heterocycles. The Morgan fingerprint density at radius 1 is 0.892 bits per heavy atom. The fourth-order valence-corrected chi connectivity index (χ4v) is 3.92. The summed E-state index contributed by atoms with van der Waals surface area (Å²) in [4.78, 5) is 17.8. The molecule has 1 aromatic heterocycles. The van der Waals surface area contributed by atoms with E-state index in [-0.39, 0.29) is 29.2 Å². The number of fused-ring (bicyclic) bond motifs is 1. The van der Waals surface area contributed by atoms with Gasteiger partial charge in [-0.2, -0.15) is 26.3 Å². The predicted molar refractivity (Wildman–Crippen MR) is 119 cm³/mol. The molecule has 1 N–H and O–H groups in total. The van der Waals surface area contributed by atoms with Gasteiger partial charge in [-0.1, -0.05) is 42.5 Å². The van der Waals surface area contributed by atoms with Gasteiger partial charge in [0, 0.05) is 12.0 Å². The summed E-state index contributed by atoms with van der Waals surface area (Å²) in [5.74, 6) is -1.25. The summed E-state index contributed by atoms with van der Waals surface area (Å²) in [5, 5.41) is 9.18. The number of hydrogen-bond acceptors (Lipinski definition) is 4. The van der Waals surface area contributed by atoms with Crippen molar-refractivity contribution in [3.05, 3.63) is 99.9 Å². The largest absolute Gasteiger partial charge is 0.494 e. The first kappa shape index (κ1) is 26.1. The van der Waals surface area contributed by atoms with E-state index in [4.69, 9.17) is 4.74 Å². The van der Waals surface area contributed by atoms with Crippen LogP contribution in [0.25, 0.3) is 16.6 Å². The molecule has 0 spiro atoms. The van der Waals surface area contributed by atoms with Crippen LogP contribution in [0.2, 0.25) is 0 Å². The Morgan fingerprint density at radius 3 is 2.03 bits per heavy atom. The van der Waals surface area contributed by atoms with Gasteiger partial charge < -0.3 is 9.84 Å². The van der Waals surface area contributed by atoms with Crippen molar-refractivity contribution in [2.24, 2.45) is 0 Å². The molecule has 0 saturated carbocycles. The molecule has 12 heteroatoms. The minimum atomic E-state index is -6.08. The molecule has 0 bridgehead atoms. The number of hydrogen-bond donors (Lipinski definition) is 1. The Bertz CT molecular complexity index is 1480. The van der Waals surface area contributed by atoms with Crippen molar-refractivity contribution in [1.29, 1.82) is 0 Å².